The summed E-state index contributed by atoms with van der Waals surface area (Å²) in [5, 5.41) is 0. The van der Waals surface area contributed by atoms with Crippen LogP contribution in [0.5, 0.6) is 0 Å². The van der Waals surface area contributed by atoms with Crippen molar-refractivity contribution in [1.82, 2.24) is 0 Å². The van der Waals surface area contributed by atoms with Crippen LogP contribution in [0.25, 0.3) is 0 Å². The molecule has 0 bridgehead atoms. The third kappa shape index (κ3) is 2.30. The average Bonchev–Trinajstić information content (AvgIpc) is 2.29. The van der Waals surface area contributed by atoms with Gasteiger partial charge in [0.2, 0.25) is 0 Å². The van der Waals surface area contributed by atoms with Crippen LogP contribution >= 0.6 is 0 Å². The first-order valence-electron chi connectivity index (χ1n) is 4.18. The second-order valence-electron chi connectivity index (χ2n) is 3.50. The molecule has 0 saturated heterocycles. The Morgan fingerprint density at radius 2 is 1.56 bits per heavy atom. The van der Waals surface area contributed by atoms with Crippen molar-refractivity contribution in [2.45, 2.75) is 37.3 Å². The lowest BCUT2D eigenvalue weighted by molar-refractivity contribution is -0.281. The summed E-state index contributed by atoms with van der Waals surface area (Å²) < 4.78 is 97.8. The summed E-state index contributed by atoms with van der Waals surface area (Å²) in [5.74, 6) is -11.3. The number of hydrogen-bond acceptors (Lipinski definition) is 0. The molecule has 0 amide bonds. The van der Waals surface area contributed by atoms with Gasteiger partial charge in [-0.1, -0.05) is 0 Å². The minimum absolute atomic E-state index is 0.787. The zero-order valence-electron chi connectivity index (χ0n) is 7.65. The highest BCUT2D eigenvalue weighted by atomic mass is 19.4. The van der Waals surface area contributed by atoms with E-state index in [1.54, 1.807) is 0 Å². The van der Waals surface area contributed by atoms with E-state index in [1.807, 2.05) is 0 Å². The van der Waals surface area contributed by atoms with Crippen LogP contribution in [-0.2, 0) is 0 Å². The Hall–Kier alpha value is -0.820. The molecule has 0 unspecified atom stereocenters. The van der Waals surface area contributed by atoms with E-state index >= 15 is 0 Å². The Kier molecular flexibility index (Phi) is 2.98. The van der Waals surface area contributed by atoms with Gasteiger partial charge < -0.3 is 0 Å². The lowest BCUT2D eigenvalue weighted by atomic mass is 10.1. The Balaban J connectivity index is 2.88. The van der Waals surface area contributed by atoms with E-state index in [2.05, 4.69) is 0 Å². The topological polar surface area (TPSA) is 0 Å². The SMILES string of the molecule is FC1=C(CC(F)(F)C(F)(F)F)CCC1(F)F. The fourth-order valence-corrected chi connectivity index (χ4v) is 1.32. The molecule has 1 rings (SSSR count). The molecule has 0 aromatic heterocycles. The van der Waals surface area contributed by atoms with Gasteiger partial charge in [-0.2, -0.15) is 30.7 Å². The number of halogens is 8. The minimum atomic E-state index is -5.86. The molecule has 8 heteroatoms. The molecule has 0 nitrogen and oxygen atoms in total. The summed E-state index contributed by atoms with van der Waals surface area (Å²) in [7, 11) is 0. The maximum Gasteiger partial charge on any atom is 0.453 e. The van der Waals surface area contributed by atoms with Crippen molar-refractivity contribution in [2.24, 2.45) is 0 Å². The summed E-state index contributed by atoms with van der Waals surface area (Å²) in [6.45, 7) is 0. The lowest BCUT2D eigenvalue weighted by Gasteiger charge is -2.19. The first kappa shape index (κ1) is 13.2. The molecule has 0 N–H and O–H groups in total. The first-order chi connectivity index (χ1) is 6.97. The standard InChI is InChI=1S/C8H6F8/c9-5-4(1-2-6(5,10)11)3-7(12,13)8(14,15)16/h1-3H2. The van der Waals surface area contributed by atoms with Crippen molar-refractivity contribution >= 4 is 0 Å². The summed E-state index contributed by atoms with van der Waals surface area (Å²) in [6.07, 6.45) is -9.76. The van der Waals surface area contributed by atoms with E-state index in [9.17, 15) is 35.1 Å². The zero-order chi connectivity index (χ0) is 12.8. The molecule has 0 atom stereocenters. The number of allylic oxidation sites excluding steroid dienone is 2. The second-order valence-corrected chi connectivity index (χ2v) is 3.50. The van der Waals surface area contributed by atoms with Gasteiger partial charge in [0.15, 0.2) is 5.83 Å². The first-order valence-corrected chi connectivity index (χ1v) is 4.18. The van der Waals surface area contributed by atoms with Gasteiger partial charge in [0.05, 0.1) is 0 Å². The average molecular weight is 254 g/mol. The van der Waals surface area contributed by atoms with E-state index in [0.29, 0.717) is 0 Å². The molecule has 0 aromatic carbocycles. The van der Waals surface area contributed by atoms with E-state index in [-0.39, 0.29) is 0 Å². The molecular weight excluding hydrogens is 248 g/mol. The van der Waals surface area contributed by atoms with Gasteiger partial charge >= 0.3 is 12.1 Å². The van der Waals surface area contributed by atoms with Crippen LogP contribution in [0.1, 0.15) is 19.3 Å². The predicted molar refractivity (Wildman–Crippen MR) is 37.9 cm³/mol. The van der Waals surface area contributed by atoms with Crippen molar-refractivity contribution in [3.63, 3.8) is 0 Å². The van der Waals surface area contributed by atoms with E-state index in [1.165, 1.54) is 0 Å². The van der Waals surface area contributed by atoms with Crippen molar-refractivity contribution in [2.75, 3.05) is 0 Å². The Bertz CT molecular complexity index is 310. The largest absolute Gasteiger partial charge is 0.453 e. The summed E-state index contributed by atoms with van der Waals surface area (Å²) >= 11 is 0. The van der Waals surface area contributed by atoms with Gasteiger partial charge in [-0.3, -0.25) is 0 Å². The van der Waals surface area contributed by atoms with Gasteiger partial charge in [-0.05, 0) is 12.0 Å². The van der Waals surface area contributed by atoms with Crippen LogP contribution < -0.4 is 0 Å². The number of rotatable bonds is 2. The van der Waals surface area contributed by atoms with E-state index in [0.717, 1.165) is 0 Å². The summed E-state index contributed by atoms with van der Waals surface area (Å²) in [5.41, 5.74) is -1.16. The van der Waals surface area contributed by atoms with Crippen molar-refractivity contribution in [1.29, 1.82) is 0 Å². The molecule has 16 heavy (non-hydrogen) atoms. The molecule has 94 valence electrons. The minimum Gasteiger partial charge on any atom is -0.205 e. The zero-order valence-corrected chi connectivity index (χ0v) is 7.65. The third-order valence-electron chi connectivity index (χ3n) is 2.22. The van der Waals surface area contributed by atoms with Crippen LogP contribution in [0, 0.1) is 0 Å². The quantitative estimate of drug-likeness (QED) is 0.647. The van der Waals surface area contributed by atoms with Crippen LogP contribution in [-0.4, -0.2) is 18.0 Å². The molecular formula is C8H6F8. The fraction of sp³-hybridized carbons (Fsp3) is 0.750. The van der Waals surface area contributed by atoms with Crippen LogP contribution in [0.3, 0.4) is 0 Å². The van der Waals surface area contributed by atoms with Gasteiger partial charge in [-0.25, -0.2) is 4.39 Å². The maximum absolute atomic E-state index is 12.7. The van der Waals surface area contributed by atoms with Gasteiger partial charge in [0.25, 0.3) is 5.92 Å². The fourth-order valence-electron chi connectivity index (χ4n) is 1.32. The predicted octanol–water partition coefficient (Wildman–Crippen LogP) is 4.23. The second kappa shape index (κ2) is 3.59. The molecule has 1 aliphatic rings. The Morgan fingerprint density at radius 1 is 1.06 bits per heavy atom. The van der Waals surface area contributed by atoms with Crippen LogP contribution in [0.15, 0.2) is 11.4 Å². The molecule has 0 fully saturated rings. The summed E-state index contributed by atoms with van der Waals surface area (Å²) in [4.78, 5) is 0. The van der Waals surface area contributed by atoms with Crippen molar-refractivity contribution in [3.8, 4) is 0 Å². The molecule has 0 saturated carbocycles. The molecule has 0 aromatic rings. The van der Waals surface area contributed by atoms with Crippen LogP contribution in [0.2, 0.25) is 0 Å². The Labute approximate surface area is 84.9 Å². The highest BCUT2D eigenvalue weighted by molar-refractivity contribution is 5.23. The monoisotopic (exact) mass is 254 g/mol. The van der Waals surface area contributed by atoms with Gasteiger partial charge in [-0.15, -0.1) is 0 Å². The van der Waals surface area contributed by atoms with Crippen molar-refractivity contribution in [3.05, 3.63) is 11.4 Å². The van der Waals surface area contributed by atoms with Gasteiger partial charge in [0.1, 0.15) is 0 Å². The highest BCUT2D eigenvalue weighted by Crippen LogP contribution is 2.47. The molecule has 0 spiro atoms. The number of hydrogen-bond donors (Lipinski definition) is 0. The van der Waals surface area contributed by atoms with Crippen LogP contribution in [0.4, 0.5) is 35.1 Å². The molecule has 1 aliphatic carbocycles. The molecule has 0 radical (unpaired) electrons. The smallest absolute Gasteiger partial charge is 0.205 e. The molecule has 0 aliphatic heterocycles. The number of alkyl halides is 7. The Morgan fingerprint density at radius 3 is 1.88 bits per heavy atom. The van der Waals surface area contributed by atoms with E-state index in [4.69, 9.17) is 0 Å². The highest BCUT2D eigenvalue weighted by Gasteiger charge is 2.59. The maximum atomic E-state index is 12.7. The normalized spacial score (nSPS) is 21.8. The molecule has 0 heterocycles. The van der Waals surface area contributed by atoms with Gasteiger partial charge in [0, 0.05) is 12.8 Å². The summed E-state index contributed by atoms with van der Waals surface area (Å²) in [6, 6.07) is 0. The van der Waals surface area contributed by atoms with E-state index < -0.39 is 48.7 Å². The third-order valence-corrected chi connectivity index (χ3v) is 2.22. The van der Waals surface area contributed by atoms with Crippen molar-refractivity contribution < 1.29 is 35.1 Å². The lowest BCUT2D eigenvalue weighted by Crippen LogP contribution is -2.36.